The Labute approximate surface area is 149 Å². The second-order valence-corrected chi connectivity index (χ2v) is 6.04. The number of hydrogen-bond donors (Lipinski definition) is 0. The SMILES string of the molecule is O=C(c1ccn(-c2ccccc2F)n1)N1CCC(Oc2ccccn2)C1. The molecule has 4 rings (SSSR count). The highest BCUT2D eigenvalue weighted by Gasteiger charge is 2.29. The van der Waals surface area contributed by atoms with Crippen molar-refractivity contribution in [3.8, 4) is 11.6 Å². The molecule has 26 heavy (non-hydrogen) atoms. The molecule has 0 bridgehead atoms. The van der Waals surface area contributed by atoms with Crippen molar-refractivity contribution < 1.29 is 13.9 Å². The summed E-state index contributed by atoms with van der Waals surface area (Å²) in [7, 11) is 0. The van der Waals surface area contributed by atoms with E-state index in [1.807, 2.05) is 12.1 Å². The van der Waals surface area contributed by atoms with Crippen LogP contribution in [-0.4, -0.2) is 44.8 Å². The fourth-order valence-electron chi connectivity index (χ4n) is 2.97. The highest BCUT2D eigenvalue weighted by molar-refractivity contribution is 5.92. The van der Waals surface area contributed by atoms with E-state index < -0.39 is 0 Å². The average molecular weight is 352 g/mol. The van der Waals surface area contributed by atoms with Gasteiger partial charge in [0.2, 0.25) is 5.88 Å². The predicted molar refractivity (Wildman–Crippen MR) is 92.7 cm³/mol. The minimum Gasteiger partial charge on any atom is -0.472 e. The van der Waals surface area contributed by atoms with Crippen molar-refractivity contribution >= 4 is 5.91 Å². The zero-order valence-electron chi connectivity index (χ0n) is 14.0. The maximum atomic E-state index is 13.9. The van der Waals surface area contributed by atoms with E-state index in [2.05, 4.69) is 10.1 Å². The number of hydrogen-bond acceptors (Lipinski definition) is 4. The lowest BCUT2D eigenvalue weighted by atomic mass is 10.3. The van der Waals surface area contributed by atoms with Gasteiger partial charge < -0.3 is 9.64 Å². The van der Waals surface area contributed by atoms with Gasteiger partial charge >= 0.3 is 0 Å². The van der Waals surface area contributed by atoms with E-state index in [1.54, 1.807) is 47.6 Å². The summed E-state index contributed by atoms with van der Waals surface area (Å²) in [5.41, 5.74) is 0.594. The maximum Gasteiger partial charge on any atom is 0.274 e. The lowest BCUT2D eigenvalue weighted by Gasteiger charge is -2.15. The highest BCUT2D eigenvalue weighted by Crippen LogP contribution is 2.19. The number of para-hydroxylation sites is 1. The minimum atomic E-state index is -0.389. The Morgan fingerprint density at radius 3 is 2.81 bits per heavy atom. The van der Waals surface area contributed by atoms with Gasteiger partial charge in [-0.15, -0.1) is 0 Å². The van der Waals surface area contributed by atoms with Crippen LogP contribution >= 0.6 is 0 Å². The molecule has 7 heteroatoms. The molecule has 0 radical (unpaired) electrons. The van der Waals surface area contributed by atoms with Crippen LogP contribution in [0.25, 0.3) is 5.69 Å². The average Bonchev–Trinajstić information content (AvgIpc) is 3.32. The second-order valence-electron chi connectivity index (χ2n) is 6.04. The second kappa shape index (κ2) is 6.95. The Hall–Kier alpha value is -3.22. The molecular weight excluding hydrogens is 335 g/mol. The lowest BCUT2D eigenvalue weighted by molar-refractivity contribution is 0.0765. The molecule has 2 aromatic heterocycles. The highest BCUT2D eigenvalue weighted by atomic mass is 19.1. The number of aromatic nitrogens is 3. The van der Waals surface area contributed by atoms with Gasteiger partial charge in [-0.3, -0.25) is 4.79 Å². The Balaban J connectivity index is 1.43. The molecular formula is C19H17FN4O2. The Bertz CT molecular complexity index is 913. The number of nitrogens with zero attached hydrogens (tertiary/aromatic N) is 4. The van der Waals surface area contributed by atoms with E-state index in [1.165, 1.54) is 10.7 Å². The number of pyridine rings is 1. The van der Waals surface area contributed by atoms with Gasteiger partial charge in [0, 0.05) is 31.4 Å². The molecule has 0 saturated carbocycles. The van der Waals surface area contributed by atoms with Crippen molar-refractivity contribution in [2.24, 2.45) is 0 Å². The van der Waals surface area contributed by atoms with Crippen LogP contribution in [0.2, 0.25) is 0 Å². The standard InChI is InChI=1S/C19H17FN4O2/c20-15-5-1-2-6-17(15)24-12-9-16(22-24)19(25)23-11-8-14(13-23)26-18-7-3-4-10-21-18/h1-7,9-10,12,14H,8,11,13H2. The first-order valence-corrected chi connectivity index (χ1v) is 8.38. The molecule has 1 unspecified atom stereocenters. The summed E-state index contributed by atoms with van der Waals surface area (Å²) < 4.78 is 21.0. The molecule has 1 atom stereocenters. The summed E-state index contributed by atoms with van der Waals surface area (Å²) in [5, 5.41) is 4.23. The quantitative estimate of drug-likeness (QED) is 0.724. The molecule has 1 saturated heterocycles. The largest absolute Gasteiger partial charge is 0.472 e. The first-order chi connectivity index (χ1) is 12.7. The molecule has 0 spiro atoms. The first kappa shape index (κ1) is 16.3. The molecule has 1 fully saturated rings. The van der Waals surface area contributed by atoms with E-state index in [0.717, 1.165) is 6.42 Å². The number of carbonyl (C=O) groups excluding carboxylic acids is 1. The Kier molecular flexibility index (Phi) is 4.35. The molecule has 3 aromatic rings. The van der Waals surface area contributed by atoms with Crippen LogP contribution in [0.15, 0.2) is 60.9 Å². The number of halogens is 1. The van der Waals surface area contributed by atoms with Crippen LogP contribution in [0.3, 0.4) is 0 Å². The lowest BCUT2D eigenvalue weighted by Crippen LogP contribution is -2.31. The number of carbonyl (C=O) groups is 1. The fraction of sp³-hybridized carbons (Fsp3) is 0.211. The van der Waals surface area contributed by atoms with Gasteiger partial charge in [0.25, 0.3) is 5.91 Å². The third-order valence-corrected chi connectivity index (χ3v) is 4.26. The third kappa shape index (κ3) is 3.28. The van der Waals surface area contributed by atoms with Crippen LogP contribution < -0.4 is 4.74 Å². The van der Waals surface area contributed by atoms with Gasteiger partial charge in [0.05, 0.1) is 6.54 Å². The van der Waals surface area contributed by atoms with Crippen LogP contribution in [0.1, 0.15) is 16.9 Å². The van der Waals surface area contributed by atoms with Crippen LogP contribution in [0.4, 0.5) is 4.39 Å². The molecule has 1 aliphatic rings. The van der Waals surface area contributed by atoms with Crippen LogP contribution in [-0.2, 0) is 0 Å². The number of ether oxygens (including phenoxy) is 1. The molecule has 1 aromatic carbocycles. The normalized spacial score (nSPS) is 16.7. The topological polar surface area (TPSA) is 60.2 Å². The van der Waals surface area contributed by atoms with E-state index in [4.69, 9.17) is 4.74 Å². The minimum absolute atomic E-state index is 0.0949. The van der Waals surface area contributed by atoms with E-state index in [-0.39, 0.29) is 23.5 Å². The van der Waals surface area contributed by atoms with E-state index in [0.29, 0.717) is 24.7 Å². The molecule has 0 N–H and O–H groups in total. The Morgan fingerprint density at radius 2 is 2.00 bits per heavy atom. The van der Waals surface area contributed by atoms with E-state index >= 15 is 0 Å². The summed E-state index contributed by atoms with van der Waals surface area (Å²) in [6.45, 7) is 1.06. The van der Waals surface area contributed by atoms with Crippen molar-refractivity contribution in [2.75, 3.05) is 13.1 Å². The first-order valence-electron chi connectivity index (χ1n) is 8.38. The van der Waals surface area contributed by atoms with Gasteiger partial charge in [-0.2, -0.15) is 5.10 Å². The van der Waals surface area contributed by atoms with Crippen molar-refractivity contribution in [3.63, 3.8) is 0 Å². The van der Waals surface area contributed by atoms with Crippen molar-refractivity contribution in [2.45, 2.75) is 12.5 Å². The maximum absolute atomic E-state index is 13.9. The van der Waals surface area contributed by atoms with Gasteiger partial charge in [-0.1, -0.05) is 18.2 Å². The monoisotopic (exact) mass is 352 g/mol. The fourth-order valence-corrected chi connectivity index (χ4v) is 2.97. The smallest absolute Gasteiger partial charge is 0.274 e. The number of rotatable bonds is 4. The van der Waals surface area contributed by atoms with Crippen LogP contribution in [0, 0.1) is 5.82 Å². The predicted octanol–water partition coefficient (Wildman–Crippen LogP) is 2.70. The molecule has 6 nitrogen and oxygen atoms in total. The molecule has 132 valence electrons. The molecule has 3 heterocycles. The zero-order valence-corrected chi connectivity index (χ0v) is 14.0. The number of likely N-dealkylation sites (tertiary alicyclic amines) is 1. The van der Waals surface area contributed by atoms with Gasteiger partial charge in [-0.05, 0) is 24.3 Å². The summed E-state index contributed by atoms with van der Waals surface area (Å²) in [6, 6.07) is 13.4. The van der Waals surface area contributed by atoms with Crippen LogP contribution in [0.5, 0.6) is 5.88 Å². The van der Waals surface area contributed by atoms with Crippen molar-refractivity contribution in [3.05, 3.63) is 72.4 Å². The zero-order chi connectivity index (χ0) is 17.9. The summed E-state index contributed by atoms with van der Waals surface area (Å²) in [4.78, 5) is 18.5. The van der Waals surface area contributed by atoms with Crippen molar-refractivity contribution in [1.82, 2.24) is 19.7 Å². The summed E-state index contributed by atoms with van der Waals surface area (Å²) >= 11 is 0. The third-order valence-electron chi connectivity index (χ3n) is 4.26. The summed E-state index contributed by atoms with van der Waals surface area (Å²) in [5.74, 6) is -0.0255. The van der Waals surface area contributed by atoms with Crippen molar-refractivity contribution in [1.29, 1.82) is 0 Å². The van der Waals surface area contributed by atoms with Gasteiger partial charge in [0.15, 0.2) is 5.69 Å². The molecule has 1 aliphatic heterocycles. The molecule has 0 aliphatic carbocycles. The van der Waals surface area contributed by atoms with Gasteiger partial charge in [0.1, 0.15) is 17.6 Å². The summed E-state index contributed by atoms with van der Waals surface area (Å²) in [6.07, 6.45) is 3.89. The van der Waals surface area contributed by atoms with Gasteiger partial charge in [-0.25, -0.2) is 14.1 Å². The number of benzene rings is 1. The number of amides is 1. The molecule has 1 amide bonds. The van der Waals surface area contributed by atoms with E-state index in [9.17, 15) is 9.18 Å². The Morgan fingerprint density at radius 1 is 1.15 bits per heavy atom.